The first-order valence-corrected chi connectivity index (χ1v) is 5.87. The van der Waals surface area contributed by atoms with E-state index in [2.05, 4.69) is 17.3 Å². The average molecular weight is 236 g/mol. The molecule has 0 aliphatic heterocycles. The zero-order valence-corrected chi connectivity index (χ0v) is 10.4. The number of nitrogens with zero attached hydrogens (tertiary/aromatic N) is 2. The number of hydrogen-bond acceptors (Lipinski definition) is 4. The third-order valence-electron chi connectivity index (χ3n) is 2.59. The van der Waals surface area contributed by atoms with Crippen LogP contribution in [0.5, 0.6) is 0 Å². The van der Waals surface area contributed by atoms with E-state index in [1.165, 1.54) is 0 Å². The van der Waals surface area contributed by atoms with E-state index in [1.807, 2.05) is 0 Å². The van der Waals surface area contributed by atoms with Crippen LogP contribution >= 0.6 is 0 Å². The minimum atomic E-state index is -0.0512. The third-order valence-corrected chi connectivity index (χ3v) is 2.59. The number of nitrogens with one attached hydrogen (secondary N) is 1. The molecule has 1 aromatic rings. The van der Waals surface area contributed by atoms with E-state index >= 15 is 0 Å². The summed E-state index contributed by atoms with van der Waals surface area (Å²) in [6, 6.07) is 3.41. The highest BCUT2D eigenvalue weighted by Gasteiger charge is 2.12. The van der Waals surface area contributed by atoms with Crippen LogP contribution in [0.2, 0.25) is 0 Å². The van der Waals surface area contributed by atoms with Crippen LogP contribution in [0.25, 0.3) is 0 Å². The van der Waals surface area contributed by atoms with Crippen molar-refractivity contribution < 1.29 is 4.79 Å². The molecule has 1 amide bonds. The Morgan fingerprint density at radius 2 is 2.24 bits per heavy atom. The average Bonchev–Trinajstić information content (AvgIpc) is 2.38. The zero-order valence-electron chi connectivity index (χ0n) is 10.4. The van der Waals surface area contributed by atoms with Crippen LogP contribution in [0.4, 0.5) is 5.69 Å². The lowest BCUT2D eigenvalue weighted by Crippen LogP contribution is -2.28. The molecular weight excluding hydrogens is 216 g/mol. The topological polar surface area (TPSA) is 71.2 Å². The van der Waals surface area contributed by atoms with E-state index in [0.717, 1.165) is 25.8 Å². The molecule has 0 saturated carbocycles. The molecule has 0 fully saturated rings. The Kier molecular flexibility index (Phi) is 5.42. The number of carbonyl (C=O) groups is 1. The van der Waals surface area contributed by atoms with E-state index in [-0.39, 0.29) is 5.91 Å². The molecule has 1 aromatic heterocycles. The SMILES string of the molecule is CCCCCN(C)C(=O)c1ccc(NN)cn1. The van der Waals surface area contributed by atoms with E-state index < -0.39 is 0 Å². The summed E-state index contributed by atoms with van der Waals surface area (Å²) in [7, 11) is 1.80. The number of nitrogen functional groups attached to an aromatic ring is 1. The second-order valence-electron chi connectivity index (χ2n) is 4.01. The number of pyridine rings is 1. The molecule has 0 aromatic carbocycles. The zero-order chi connectivity index (χ0) is 12.7. The predicted octanol–water partition coefficient (Wildman–Crippen LogP) is 1.63. The first-order chi connectivity index (χ1) is 8.19. The maximum absolute atomic E-state index is 12.0. The number of rotatable bonds is 6. The molecule has 5 heteroatoms. The summed E-state index contributed by atoms with van der Waals surface area (Å²) in [5.74, 6) is 5.18. The van der Waals surface area contributed by atoms with Gasteiger partial charge in [0.1, 0.15) is 5.69 Å². The van der Waals surface area contributed by atoms with Gasteiger partial charge in [-0.05, 0) is 18.6 Å². The number of amides is 1. The summed E-state index contributed by atoms with van der Waals surface area (Å²) in [6.45, 7) is 2.91. The molecular formula is C12H20N4O. The van der Waals surface area contributed by atoms with Gasteiger partial charge in [0.05, 0.1) is 11.9 Å². The first-order valence-electron chi connectivity index (χ1n) is 5.87. The van der Waals surface area contributed by atoms with Crippen molar-refractivity contribution in [1.29, 1.82) is 0 Å². The lowest BCUT2D eigenvalue weighted by Gasteiger charge is -2.16. The fourth-order valence-electron chi connectivity index (χ4n) is 1.50. The van der Waals surface area contributed by atoms with Crippen molar-refractivity contribution in [2.75, 3.05) is 19.0 Å². The molecule has 0 aliphatic rings. The van der Waals surface area contributed by atoms with Gasteiger partial charge in [0.15, 0.2) is 0 Å². The molecule has 0 bridgehead atoms. The fourth-order valence-corrected chi connectivity index (χ4v) is 1.50. The summed E-state index contributed by atoms with van der Waals surface area (Å²) in [5, 5.41) is 0. The standard InChI is InChI=1S/C12H20N4O/c1-3-4-5-8-16(2)12(17)11-7-6-10(15-13)9-14-11/h6-7,9,15H,3-5,8,13H2,1-2H3. The Morgan fingerprint density at radius 3 is 2.76 bits per heavy atom. The Hall–Kier alpha value is -1.62. The Labute approximate surface area is 102 Å². The van der Waals surface area contributed by atoms with Crippen LogP contribution < -0.4 is 11.3 Å². The smallest absolute Gasteiger partial charge is 0.272 e. The van der Waals surface area contributed by atoms with Gasteiger partial charge < -0.3 is 10.3 Å². The summed E-state index contributed by atoms with van der Waals surface area (Å²) in [5.41, 5.74) is 3.61. The predicted molar refractivity (Wildman–Crippen MR) is 68.5 cm³/mol. The van der Waals surface area contributed by atoms with E-state index in [9.17, 15) is 4.79 Å². The highest BCUT2D eigenvalue weighted by Crippen LogP contribution is 2.07. The van der Waals surface area contributed by atoms with Crippen molar-refractivity contribution in [3.8, 4) is 0 Å². The first kappa shape index (κ1) is 13.4. The van der Waals surface area contributed by atoms with Crippen molar-refractivity contribution in [3.05, 3.63) is 24.0 Å². The van der Waals surface area contributed by atoms with E-state index in [1.54, 1.807) is 30.3 Å². The minimum Gasteiger partial charge on any atom is -0.340 e. The summed E-state index contributed by atoms with van der Waals surface area (Å²) in [4.78, 5) is 17.7. The summed E-state index contributed by atoms with van der Waals surface area (Å²) in [6.07, 6.45) is 4.87. The molecule has 0 aliphatic carbocycles. The quantitative estimate of drug-likeness (QED) is 0.447. The molecule has 94 valence electrons. The lowest BCUT2D eigenvalue weighted by atomic mass is 10.2. The van der Waals surface area contributed by atoms with Gasteiger partial charge in [-0.15, -0.1) is 0 Å². The van der Waals surface area contributed by atoms with Crippen LogP contribution in [-0.4, -0.2) is 29.4 Å². The molecule has 0 radical (unpaired) electrons. The molecule has 3 N–H and O–H groups in total. The van der Waals surface area contributed by atoms with Gasteiger partial charge >= 0.3 is 0 Å². The van der Waals surface area contributed by atoms with Crippen molar-refractivity contribution >= 4 is 11.6 Å². The van der Waals surface area contributed by atoms with Crippen LogP contribution in [0.3, 0.4) is 0 Å². The van der Waals surface area contributed by atoms with Crippen LogP contribution in [-0.2, 0) is 0 Å². The van der Waals surface area contributed by atoms with Crippen molar-refractivity contribution in [3.63, 3.8) is 0 Å². The van der Waals surface area contributed by atoms with Gasteiger partial charge in [-0.2, -0.15) is 0 Å². The number of carbonyl (C=O) groups excluding carboxylic acids is 1. The van der Waals surface area contributed by atoms with Gasteiger partial charge in [-0.25, -0.2) is 4.98 Å². The van der Waals surface area contributed by atoms with Crippen LogP contribution in [0, 0.1) is 0 Å². The van der Waals surface area contributed by atoms with Crippen LogP contribution in [0.1, 0.15) is 36.7 Å². The number of aromatic nitrogens is 1. The molecule has 0 spiro atoms. The molecule has 17 heavy (non-hydrogen) atoms. The number of unbranched alkanes of at least 4 members (excludes halogenated alkanes) is 2. The monoisotopic (exact) mass is 236 g/mol. The number of hydrazine groups is 1. The maximum atomic E-state index is 12.0. The Balaban J connectivity index is 2.55. The summed E-state index contributed by atoms with van der Waals surface area (Å²) >= 11 is 0. The Bertz CT molecular complexity index is 350. The summed E-state index contributed by atoms with van der Waals surface area (Å²) < 4.78 is 0. The van der Waals surface area contributed by atoms with Gasteiger partial charge in [0.25, 0.3) is 5.91 Å². The minimum absolute atomic E-state index is 0.0512. The fraction of sp³-hybridized carbons (Fsp3) is 0.500. The number of nitrogens with two attached hydrogens (primary N) is 1. The third kappa shape index (κ3) is 4.03. The second kappa shape index (κ2) is 6.85. The van der Waals surface area contributed by atoms with Gasteiger partial charge in [0.2, 0.25) is 0 Å². The largest absolute Gasteiger partial charge is 0.340 e. The second-order valence-corrected chi connectivity index (χ2v) is 4.01. The number of anilines is 1. The van der Waals surface area contributed by atoms with Crippen molar-refractivity contribution in [2.24, 2.45) is 5.84 Å². The lowest BCUT2D eigenvalue weighted by molar-refractivity contribution is 0.0787. The van der Waals surface area contributed by atoms with Gasteiger partial charge in [0, 0.05) is 13.6 Å². The molecule has 1 heterocycles. The Morgan fingerprint density at radius 1 is 1.47 bits per heavy atom. The van der Waals surface area contributed by atoms with E-state index in [0.29, 0.717) is 11.4 Å². The molecule has 1 rings (SSSR count). The molecule has 0 atom stereocenters. The van der Waals surface area contributed by atoms with E-state index in [4.69, 9.17) is 5.84 Å². The van der Waals surface area contributed by atoms with Crippen LogP contribution in [0.15, 0.2) is 18.3 Å². The number of hydrogen-bond donors (Lipinski definition) is 2. The van der Waals surface area contributed by atoms with Gasteiger partial charge in [-0.1, -0.05) is 19.8 Å². The van der Waals surface area contributed by atoms with Crippen molar-refractivity contribution in [1.82, 2.24) is 9.88 Å². The maximum Gasteiger partial charge on any atom is 0.272 e. The molecule has 0 unspecified atom stereocenters. The highest BCUT2D eigenvalue weighted by atomic mass is 16.2. The highest BCUT2D eigenvalue weighted by molar-refractivity contribution is 5.92. The van der Waals surface area contributed by atoms with Gasteiger partial charge in [-0.3, -0.25) is 10.6 Å². The molecule has 0 saturated heterocycles. The molecule has 5 nitrogen and oxygen atoms in total. The van der Waals surface area contributed by atoms with Crippen molar-refractivity contribution in [2.45, 2.75) is 26.2 Å². The normalized spacial score (nSPS) is 10.1.